The molecule has 0 aromatic rings. The van der Waals surface area contributed by atoms with E-state index in [-0.39, 0.29) is 18.9 Å². The Labute approximate surface area is 122 Å². The van der Waals surface area contributed by atoms with E-state index in [1.807, 2.05) is 0 Å². The van der Waals surface area contributed by atoms with Gasteiger partial charge in [0.15, 0.2) is 0 Å². The Morgan fingerprint density at radius 3 is 2.62 bits per heavy atom. The first-order valence-corrected chi connectivity index (χ1v) is 6.86. The fourth-order valence-electron chi connectivity index (χ4n) is 1.72. The fourth-order valence-corrected chi connectivity index (χ4v) is 1.72. The third kappa shape index (κ3) is 6.29. The van der Waals surface area contributed by atoms with Crippen LogP contribution < -0.4 is 5.32 Å². The first-order valence-electron chi connectivity index (χ1n) is 6.86. The quantitative estimate of drug-likeness (QED) is 0.337. The Bertz CT molecular complexity index is 455. The minimum atomic E-state index is -1.22. The van der Waals surface area contributed by atoms with Crippen LogP contribution in [0.4, 0.5) is 0 Å². The Morgan fingerprint density at radius 2 is 2.14 bits per heavy atom. The monoisotopic (exact) mass is 297 g/mol. The maximum Gasteiger partial charge on any atom is 0.326 e. The van der Waals surface area contributed by atoms with Crippen LogP contribution in [0.3, 0.4) is 0 Å². The van der Waals surface area contributed by atoms with Gasteiger partial charge in [0.25, 0.3) is 0 Å². The first-order chi connectivity index (χ1) is 9.97. The lowest BCUT2D eigenvalue weighted by molar-refractivity contribution is -0.145. The average Bonchev–Trinajstić information content (AvgIpc) is 3.24. The van der Waals surface area contributed by atoms with E-state index in [9.17, 15) is 14.4 Å². The van der Waals surface area contributed by atoms with Gasteiger partial charge >= 0.3 is 12.2 Å². The second-order valence-electron chi connectivity index (χ2n) is 4.88. The van der Waals surface area contributed by atoms with E-state index in [4.69, 9.17) is 15.4 Å². The Morgan fingerprint density at radius 1 is 1.48 bits per heavy atom. The summed E-state index contributed by atoms with van der Waals surface area (Å²) in [4.78, 5) is 36.8. The lowest BCUT2D eigenvalue weighted by Gasteiger charge is -2.19. The Hall–Kier alpha value is -2.05. The molecule has 0 bridgehead atoms. The van der Waals surface area contributed by atoms with Crippen molar-refractivity contribution in [2.24, 2.45) is 0 Å². The molecule has 1 amide bonds. The molecule has 0 aliphatic heterocycles. The van der Waals surface area contributed by atoms with Crippen LogP contribution in [-0.4, -0.2) is 52.0 Å². The Balaban J connectivity index is 2.51. The molecular weight excluding hydrogens is 278 g/mol. The Kier molecular flexibility index (Phi) is 6.71. The topological polar surface area (TPSA) is 129 Å². The van der Waals surface area contributed by atoms with Crippen molar-refractivity contribution in [1.29, 1.82) is 0 Å². The third-order valence-corrected chi connectivity index (χ3v) is 3.04. The minimum absolute atomic E-state index is 0.0776. The molecule has 8 heteroatoms. The molecule has 0 unspecified atom stereocenters. The van der Waals surface area contributed by atoms with Gasteiger partial charge in [-0.25, -0.2) is 4.79 Å². The maximum absolute atomic E-state index is 12.0. The summed E-state index contributed by atoms with van der Waals surface area (Å²) in [5.41, 5.74) is 8.20. The molecule has 2 atom stereocenters. The second-order valence-corrected chi connectivity index (χ2v) is 4.88. The number of nitrogens with one attached hydrogen (secondary N) is 1. The molecule has 0 radical (unpaired) electrons. The van der Waals surface area contributed by atoms with Gasteiger partial charge < -0.3 is 20.7 Å². The number of aliphatic carboxylic acids is 1. The molecule has 0 aromatic carbocycles. The summed E-state index contributed by atoms with van der Waals surface area (Å²) in [6, 6.07) is -1.18. The van der Waals surface area contributed by atoms with E-state index in [0.717, 1.165) is 12.8 Å². The SMILES string of the molecule is CC[C@H](OC1CC1)C(=O)N[C@@H](CCC(=O)C=[N+]=[N-])C(=O)O. The van der Waals surface area contributed by atoms with Gasteiger partial charge in [-0.3, -0.25) is 9.59 Å². The summed E-state index contributed by atoms with van der Waals surface area (Å²) in [5.74, 6) is -2.22. The van der Waals surface area contributed by atoms with Crippen LogP contribution in [0, 0.1) is 0 Å². The van der Waals surface area contributed by atoms with E-state index in [1.165, 1.54) is 0 Å². The molecule has 116 valence electrons. The zero-order valence-corrected chi connectivity index (χ0v) is 11.8. The molecule has 0 saturated heterocycles. The van der Waals surface area contributed by atoms with Gasteiger partial charge in [0.05, 0.1) is 6.10 Å². The number of ether oxygens (including phenoxy) is 1. The van der Waals surface area contributed by atoms with E-state index in [2.05, 4.69) is 10.1 Å². The summed E-state index contributed by atoms with van der Waals surface area (Å²) < 4.78 is 5.49. The van der Waals surface area contributed by atoms with Gasteiger partial charge in [-0.05, 0) is 25.7 Å². The van der Waals surface area contributed by atoms with Crippen molar-refractivity contribution in [3.8, 4) is 0 Å². The van der Waals surface area contributed by atoms with Crippen molar-refractivity contribution < 1.29 is 29.0 Å². The zero-order valence-electron chi connectivity index (χ0n) is 11.8. The van der Waals surface area contributed by atoms with Crippen molar-refractivity contribution in [2.45, 2.75) is 57.3 Å². The molecule has 1 aliphatic carbocycles. The van der Waals surface area contributed by atoms with Gasteiger partial charge in [0, 0.05) is 6.42 Å². The van der Waals surface area contributed by atoms with Crippen LogP contribution in [0.25, 0.3) is 5.53 Å². The minimum Gasteiger partial charge on any atom is -0.480 e. The first kappa shape index (κ1) is 17.0. The molecule has 8 nitrogen and oxygen atoms in total. The summed E-state index contributed by atoms with van der Waals surface area (Å²) >= 11 is 0. The van der Waals surface area contributed by atoms with Gasteiger partial charge in [-0.15, -0.1) is 0 Å². The van der Waals surface area contributed by atoms with Crippen molar-refractivity contribution >= 4 is 23.9 Å². The van der Waals surface area contributed by atoms with E-state index in [0.29, 0.717) is 12.6 Å². The molecule has 1 saturated carbocycles. The lowest BCUT2D eigenvalue weighted by atomic mass is 10.1. The number of carbonyl (C=O) groups excluding carboxylic acids is 2. The van der Waals surface area contributed by atoms with Crippen molar-refractivity contribution in [3.05, 3.63) is 5.53 Å². The van der Waals surface area contributed by atoms with E-state index in [1.54, 1.807) is 6.92 Å². The number of hydrogen-bond acceptors (Lipinski definition) is 4. The highest BCUT2D eigenvalue weighted by Crippen LogP contribution is 2.25. The standard InChI is InChI=1S/C13H19N3O5/c1-2-11(21-9-4-5-9)12(18)16-10(13(19)20)6-3-8(17)7-15-14/h7,9-11H,2-6H2,1H3,(H,16,18)(H,19,20)/t10-,11-/m0/s1. The molecule has 21 heavy (non-hydrogen) atoms. The molecule has 0 heterocycles. The molecule has 1 rings (SSSR count). The van der Waals surface area contributed by atoms with Crippen LogP contribution >= 0.6 is 0 Å². The van der Waals surface area contributed by atoms with E-state index < -0.39 is 29.8 Å². The number of rotatable bonds is 10. The van der Waals surface area contributed by atoms with Crippen LogP contribution in [0.2, 0.25) is 0 Å². The highest BCUT2D eigenvalue weighted by atomic mass is 16.5. The lowest BCUT2D eigenvalue weighted by Crippen LogP contribution is -2.46. The highest BCUT2D eigenvalue weighted by molar-refractivity contribution is 6.25. The number of amides is 1. The third-order valence-electron chi connectivity index (χ3n) is 3.04. The normalized spacial score (nSPS) is 16.4. The van der Waals surface area contributed by atoms with Crippen molar-refractivity contribution in [1.82, 2.24) is 5.32 Å². The number of carbonyl (C=O) groups is 3. The van der Waals surface area contributed by atoms with Crippen LogP contribution in [0.1, 0.15) is 39.0 Å². The summed E-state index contributed by atoms with van der Waals surface area (Å²) in [5, 5.41) is 11.4. The zero-order chi connectivity index (χ0) is 15.8. The molecule has 1 aliphatic rings. The molecule has 1 fully saturated rings. The largest absolute Gasteiger partial charge is 0.480 e. The highest BCUT2D eigenvalue weighted by Gasteiger charge is 2.31. The number of carboxylic acid groups (broad SMARTS) is 1. The summed E-state index contributed by atoms with van der Waals surface area (Å²) in [7, 11) is 0. The van der Waals surface area contributed by atoms with Crippen molar-refractivity contribution in [3.63, 3.8) is 0 Å². The van der Waals surface area contributed by atoms with Gasteiger partial charge in [-0.1, -0.05) is 6.92 Å². The number of nitrogens with zero attached hydrogens (tertiary/aromatic N) is 2. The van der Waals surface area contributed by atoms with Crippen LogP contribution in [0.15, 0.2) is 0 Å². The van der Waals surface area contributed by atoms with Gasteiger partial charge in [-0.2, -0.15) is 4.79 Å². The molecule has 2 N–H and O–H groups in total. The predicted octanol–water partition coefficient (Wildman–Crippen LogP) is 0.163. The molecular formula is C13H19N3O5. The predicted molar refractivity (Wildman–Crippen MR) is 71.7 cm³/mol. The summed E-state index contributed by atoms with van der Waals surface area (Å²) in [6.07, 6.45) is 2.19. The number of carboxylic acids is 1. The molecule has 0 aromatic heterocycles. The van der Waals surface area contributed by atoms with Crippen LogP contribution in [0.5, 0.6) is 0 Å². The van der Waals surface area contributed by atoms with Gasteiger partial charge in [0.2, 0.25) is 11.7 Å². The number of ketones is 1. The van der Waals surface area contributed by atoms with E-state index >= 15 is 0 Å². The summed E-state index contributed by atoms with van der Waals surface area (Å²) in [6.45, 7) is 1.78. The van der Waals surface area contributed by atoms with Crippen molar-refractivity contribution in [2.75, 3.05) is 0 Å². The average molecular weight is 297 g/mol. The molecule has 0 spiro atoms. The number of Topliss-reactive ketones (excluding diaryl/α,β-unsaturated/α-hetero) is 1. The van der Waals surface area contributed by atoms with Crippen LogP contribution in [-0.2, 0) is 19.1 Å². The second kappa shape index (κ2) is 8.28. The smallest absolute Gasteiger partial charge is 0.326 e. The fraction of sp³-hybridized carbons (Fsp3) is 0.692. The number of hydrogen-bond donors (Lipinski definition) is 2. The maximum atomic E-state index is 12.0. The van der Waals surface area contributed by atoms with Gasteiger partial charge in [0.1, 0.15) is 12.1 Å².